The van der Waals surface area contributed by atoms with Gasteiger partial charge in [0.2, 0.25) is 19.7 Å². The predicted octanol–water partition coefficient (Wildman–Crippen LogP) is 2.32. The molecule has 0 bridgehead atoms. The first-order valence-corrected chi connectivity index (χ1v) is 14.1. The van der Waals surface area contributed by atoms with E-state index in [1.165, 1.54) is 13.8 Å². The Morgan fingerprint density at radius 1 is 1.15 bits per heavy atom. The minimum atomic E-state index is -1.37. The standard InChI is InChI=1S/C29H39BN6O5/c1-20-10-14-35(15-11-20)26(39)29(12-7-13-29)36-16-23(31-19-36)33-24(37)22(18-41-17-21-8-5-4-6-9-21)32-25(38)28(2,3)34-27(30)40/h4-6,8-9,16,19-20,22H,7,10-15,17-18H2,1-3H3,(H,32,38)(H,33,37)(H,34,40)/t22-/m1/s1. The minimum absolute atomic E-state index is 0.106. The zero-order chi connectivity index (χ0) is 29.6. The van der Waals surface area contributed by atoms with Crippen molar-refractivity contribution in [2.24, 2.45) is 5.92 Å². The Bertz CT molecular complexity index is 1240. The van der Waals surface area contributed by atoms with E-state index in [0.29, 0.717) is 5.92 Å². The van der Waals surface area contributed by atoms with E-state index in [1.807, 2.05) is 39.8 Å². The Morgan fingerprint density at radius 3 is 2.44 bits per heavy atom. The summed E-state index contributed by atoms with van der Waals surface area (Å²) in [6, 6.07) is 8.33. The van der Waals surface area contributed by atoms with E-state index in [4.69, 9.17) is 12.6 Å². The molecule has 11 nitrogen and oxygen atoms in total. The summed E-state index contributed by atoms with van der Waals surface area (Å²) in [4.78, 5) is 57.5. The monoisotopic (exact) mass is 562 g/mol. The molecule has 218 valence electrons. The van der Waals surface area contributed by atoms with Crippen LogP contribution in [0.25, 0.3) is 0 Å². The largest absolute Gasteiger partial charge is 0.374 e. The second-order valence-electron chi connectivity index (χ2n) is 11.7. The van der Waals surface area contributed by atoms with Gasteiger partial charge in [-0.05, 0) is 57.4 Å². The topological polar surface area (TPSA) is 135 Å². The van der Waals surface area contributed by atoms with Gasteiger partial charge in [-0.1, -0.05) is 37.3 Å². The summed E-state index contributed by atoms with van der Waals surface area (Å²) in [6.45, 7) is 6.78. The first kappa shape index (κ1) is 30.3. The maximum absolute atomic E-state index is 13.6. The highest BCUT2D eigenvalue weighted by atomic mass is 16.5. The SMILES string of the molecule is [B]C(=O)NC(C)(C)C(=O)N[C@H](COCc1ccccc1)C(=O)Nc1cn(C2(C(=O)N3CCC(C)CC3)CCC2)cn1. The van der Waals surface area contributed by atoms with Gasteiger partial charge in [0.15, 0.2) is 11.6 Å². The summed E-state index contributed by atoms with van der Waals surface area (Å²) in [6.07, 6.45) is 7.63. The molecule has 2 heterocycles. The first-order valence-electron chi connectivity index (χ1n) is 14.1. The second kappa shape index (κ2) is 12.9. The van der Waals surface area contributed by atoms with Crippen molar-refractivity contribution in [2.45, 2.75) is 76.6 Å². The van der Waals surface area contributed by atoms with E-state index in [9.17, 15) is 19.2 Å². The highest BCUT2D eigenvalue weighted by Gasteiger charge is 2.48. The molecule has 1 saturated heterocycles. The number of anilines is 1. The fourth-order valence-electron chi connectivity index (χ4n) is 5.19. The second-order valence-corrected chi connectivity index (χ2v) is 11.7. The normalized spacial score (nSPS) is 17.7. The molecule has 12 heteroatoms. The molecule has 4 amide bonds. The van der Waals surface area contributed by atoms with Crippen molar-refractivity contribution in [3.63, 3.8) is 0 Å². The van der Waals surface area contributed by atoms with Crippen molar-refractivity contribution in [3.8, 4) is 0 Å². The molecule has 3 N–H and O–H groups in total. The zero-order valence-corrected chi connectivity index (χ0v) is 24.0. The van der Waals surface area contributed by atoms with E-state index in [2.05, 4.69) is 27.9 Å². The maximum atomic E-state index is 13.6. The van der Waals surface area contributed by atoms with Crippen LogP contribution in [-0.4, -0.2) is 77.1 Å². The van der Waals surface area contributed by atoms with Gasteiger partial charge in [-0.25, -0.2) is 4.98 Å². The highest BCUT2D eigenvalue weighted by Crippen LogP contribution is 2.42. The molecule has 1 saturated carbocycles. The Labute approximate surface area is 242 Å². The first-order chi connectivity index (χ1) is 19.5. The molecule has 1 atom stereocenters. The number of nitrogens with one attached hydrogen (secondary N) is 3. The minimum Gasteiger partial charge on any atom is -0.374 e. The van der Waals surface area contributed by atoms with Crippen LogP contribution in [0.2, 0.25) is 0 Å². The molecule has 0 spiro atoms. The summed E-state index contributed by atoms with van der Waals surface area (Å²) >= 11 is 0. The van der Waals surface area contributed by atoms with Gasteiger partial charge >= 0.3 is 0 Å². The van der Waals surface area contributed by atoms with Crippen molar-refractivity contribution >= 4 is 37.2 Å². The number of nitrogens with zero attached hydrogens (tertiary/aromatic N) is 3. The number of hydrogen-bond donors (Lipinski definition) is 3. The highest BCUT2D eigenvalue weighted by molar-refractivity contribution is 6.57. The fourth-order valence-corrected chi connectivity index (χ4v) is 5.19. The third-order valence-electron chi connectivity index (χ3n) is 8.00. The Hall–Kier alpha value is -3.67. The number of amides is 4. The lowest BCUT2D eigenvalue weighted by Gasteiger charge is -2.45. The lowest BCUT2D eigenvalue weighted by molar-refractivity contribution is -0.147. The van der Waals surface area contributed by atoms with Crippen molar-refractivity contribution in [3.05, 3.63) is 48.4 Å². The molecule has 41 heavy (non-hydrogen) atoms. The number of imidazole rings is 1. The lowest BCUT2D eigenvalue weighted by atomic mass is 9.75. The molecule has 1 aromatic carbocycles. The number of aromatic nitrogens is 2. The summed E-state index contributed by atoms with van der Waals surface area (Å²) in [5.74, 6) is -1.04. The predicted molar refractivity (Wildman–Crippen MR) is 154 cm³/mol. The van der Waals surface area contributed by atoms with Gasteiger partial charge in [-0.3, -0.25) is 19.2 Å². The van der Waals surface area contributed by atoms with Crippen molar-refractivity contribution in [1.29, 1.82) is 0 Å². The molecule has 1 aromatic heterocycles. The van der Waals surface area contributed by atoms with Gasteiger partial charge < -0.3 is 30.2 Å². The molecule has 1 aliphatic carbocycles. The van der Waals surface area contributed by atoms with Crippen molar-refractivity contribution < 1.29 is 23.9 Å². The number of rotatable bonds is 11. The fraction of sp³-hybridized carbons (Fsp3) is 0.552. The van der Waals surface area contributed by atoms with E-state index < -0.39 is 34.7 Å². The van der Waals surface area contributed by atoms with Crippen LogP contribution in [-0.2, 0) is 31.3 Å². The van der Waals surface area contributed by atoms with Gasteiger partial charge in [0.1, 0.15) is 17.1 Å². The van der Waals surface area contributed by atoms with E-state index in [-0.39, 0.29) is 24.9 Å². The van der Waals surface area contributed by atoms with Gasteiger partial charge in [0.05, 0.1) is 19.5 Å². The summed E-state index contributed by atoms with van der Waals surface area (Å²) < 4.78 is 7.58. The molecular weight excluding hydrogens is 523 g/mol. The van der Waals surface area contributed by atoms with Crippen LogP contribution in [0.3, 0.4) is 0 Å². The number of ether oxygens (including phenoxy) is 1. The van der Waals surface area contributed by atoms with Gasteiger partial charge in [0.25, 0.3) is 5.91 Å². The van der Waals surface area contributed by atoms with Crippen molar-refractivity contribution in [1.82, 2.24) is 25.1 Å². The lowest BCUT2D eigenvalue weighted by Crippen LogP contribution is -2.59. The number of carbonyl (C=O) groups is 4. The van der Waals surface area contributed by atoms with Crippen LogP contribution < -0.4 is 16.0 Å². The molecule has 4 rings (SSSR count). The van der Waals surface area contributed by atoms with Gasteiger partial charge in [0, 0.05) is 19.3 Å². The van der Waals surface area contributed by atoms with Gasteiger partial charge in [-0.2, -0.15) is 0 Å². The molecule has 1 aliphatic heterocycles. The maximum Gasteiger partial charge on any atom is 0.250 e. The Balaban J connectivity index is 1.45. The van der Waals surface area contributed by atoms with Crippen LogP contribution in [0.4, 0.5) is 10.6 Å². The molecule has 2 fully saturated rings. The average Bonchev–Trinajstić information content (AvgIpc) is 3.35. The van der Waals surface area contributed by atoms with Crippen LogP contribution in [0.5, 0.6) is 0 Å². The summed E-state index contributed by atoms with van der Waals surface area (Å²) in [5.41, 5.74) is -1.15. The molecular formula is C29H39BN6O5. The molecule has 0 unspecified atom stereocenters. The van der Waals surface area contributed by atoms with Gasteiger partial charge in [-0.15, -0.1) is 0 Å². The zero-order valence-electron chi connectivity index (χ0n) is 24.0. The third kappa shape index (κ3) is 7.35. The quantitative estimate of drug-likeness (QED) is 0.360. The number of hydrogen-bond acceptors (Lipinski definition) is 6. The number of carbonyl (C=O) groups excluding carboxylic acids is 4. The van der Waals surface area contributed by atoms with Crippen LogP contribution in [0.15, 0.2) is 42.9 Å². The molecule has 2 aliphatic rings. The number of benzene rings is 1. The molecule has 2 aromatic rings. The molecule has 2 radical (unpaired) electrons. The third-order valence-corrected chi connectivity index (χ3v) is 8.00. The summed E-state index contributed by atoms with van der Waals surface area (Å²) in [7, 11) is 5.21. The van der Waals surface area contributed by atoms with Crippen molar-refractivity contribution in [2.75, 3.05) is 25.0 Å². The number of likely N-dealkylation sites (tertiary alicyclic amines) is 1. The smallest absolute Gasteiger partial charge is 0.250 e. The van der Waals surface area contributed by atoms with Crippen LogP contribution >= 0.6 is 0 Å². The average molecular weight is 562 g/mol. The number of piperidine rings is 1. The van der Waals surface area contributed by atoms with E-state index in [1.54, 1.807) is 12.5 Å². The summed E-state index contributed by atoms with van der Waals surface area (Å²) in [5, 5.41) is 7.77. The Morgan fingerprint density at radius 2 is 1.83 bits per heavy atom. The van der Waals surface area contributed by atoms with Crippen LogP contribution in [0.1, 0.15) is 58.4 Å². The Kier molecular flexibility index (Phi) is 9.52. The van der Waals surface area contributed by atoms with E-state index in [0.717, 1.165) is 50.8 Å². The van der Waals surface area contributed by atoms with Crippen LogP contribution in [0, 0.1) is 5.92 Å². The van der Waals surface area contributed by atoms with E-state index >= 15 is 0 Å².